The van der Waals surface area contributed by atoms with Gasteiger partial charge in [0.25, 0.3) is 0 Å². The largest absolute Gasteiger partial charge is 0.478 e. The Labute approximate surface area is 175 Å². The maximum Gasteiger partial charge on any atom is 0.340 e. The quantitative estimate of drug-likeness (QED) is 0.476. The summed E-state index contributed by atoms with van der Waals surface area (Å²) in [6, 6.07) is 15.8. The molecule has 0 bridgehead atoms. The van der Waals surface area contributed by atoms with Gasteiger partial charge in [0.1, 0.15) is 11.5 Å². The van der Waals surface area contributed by atoms with Crippen LogP contribution in [0.25, 0.3) is 0 Å². The fourth-order valence-electron chi connectivity index (χ4n) is 4.09. The minimum absolute atomic E-state index is 0.0957. The number of halogens is 1. The molecule has 2 aliphatic heterocycles. The Morgan fingerprint density at radius 3 is 2.45 bits per heavy atom. The monoisotopic (exact) mass is 448 g/mol. The van der Waals surface area contributed by atoms with Gasteiger partial charge < -0.3 is 14.6 Å². The van der Waals surface area contributed by atoms with E-state index >= 15 is 0 Å². The summed E-state index contributed by atoms with van der Waals surface area (Å²) in [5, 5.41) is 9.51. The molecule has 0 amide bonds. The van der Waals surface area contributed by atoms with Gasteiger partial charge in [0.2, 0.25) is 0 Å². The van der Waals surface area contributed by atoms with Gasteiger partial charge in [-0.1, -0.05) is 40.3 Å². The van der Waals surface area contributed by atoms with Gasteiger partial charge in [-0.05, 0) is 42.5 Å². The number of carboxylic acids is 1. The van der Waals surface area contributed by atoms with Crippen molar-refractivity contribution in [1.82, 2.24) is 0 Å². The molecule has 1 atom stereocenters. The van der Waals surface area contributed by atoms with E-state index in [9.17, 15) is 14.7 Å². The van der Waals surface area contributed by atoms with E-state index in [0.717, 1.165) is 17.2 Å². The lowest BCUT2D eigenvalue weighted by molar-refractivity contribution is 0.0224. The van der Waals surface area contributed by atoms with E-state index in [1.807, 2.05) is 36.4 Å². The number of fused-ring (bicyclic) bond motifs is 6. The van der Waals surface area contributed by atoms with Gasteiger partial charge in [0.15, 0.2) is 12.9 Å². The molecule has 0 saturated carbocycles. The number of rotatable bonds is 2. The van der Waals surface area contributed by atoms with Crippen LogP contribution >= 0.6 is 15.9 Å². The normalized spacial score (nSPS) is 18.3. The van der Waals surface area contributed by atoms with Crippen molar-refractivity contribution >= 4 is 40.6 Å². The average molecular weight is 449 g/mol. The summed E-state index contributed by atoms with van der Waals surface area (Å²) in [6.45, 7) is 2.05. The van der Waals surface area contributed by atoms with Crippen molar-refractivity contribution in [3.63, 3.8) is 0 Å². The second-order valence-electron chi connectivity index (χ2n) is 7.06. The predicted octanol–water partition coefficient (Wildman–Crippen LogP) is 3.83. The molecule has 7 heteroatoms. The summed E-state index contributed by atoms with van der Waals surface area (Å²) in [6.07, 6.45) is 0. The molecule has 0 aliphatic carbocycles. The molecule has 1 spiro atoms. The van der Waals surface area contributed by atoms with Crippen molar-refractivity contribution in [3.05, 3.63) is 86.9 Å². The lowest BCUT2D eigenvalue weighted by atomic mass is 9.71. The van der Waals surface area contributed by atoms with E-state index in [-0.39, 0.29) is 5.56 Å². The van der Waals surface area contributed by atoms with Crippen LogP contribution in [0.2, 0.25) is 6.82 Å². The van der Waals surface area contributed by atoms with Gasteiger partial charge in [-0.15, -0.1) is 0 Å². The summed E-state index contributed by atoms with van der Waals surface area (Å²) in [7, 11) is 0.828. The number of aromatic carboxylic acids is 1. The molecule has 29 heavy (non-hydrogen) atoms. The van der Waals surface area contributed by atoms with Gasteiger partial charge in [-0.2, -0.15) is 0 Å². The summed E-state index contributed by atoms with van der Waals surface area (Å²) >= 11 is 3.46. The Hall–Kier alpha value is -3.06. The minimum atomic E-state index is -1.26. The highest BCUT2D eigenvalue weighted by Gasteiger charge is 2.53. The maximum absolute atomic E-state index is 12.8. The molecule has 5 nitrogen and oxygen atoms in total. The first-order chi connectivity index (χ1) is 13.9. The van der Waals surface area contributed by atoms with E-state index < -0.39 is 17.5 Å². The lowest BCUT2D eigenvalue weighted by Gasteiger charge is -2.36. The summed E-state index contributed by atoms with van der Waals surface area (Å²) in [5.74, 6) is -0.400. The fourth-order valence-corrected chi connectivity index (χ4v) is 4.43. The first kappa shape index (κ1) is 18.0. The van der Waals surface area contributed by atoms with Crippen LogP contribution in [0.15, 0.2) is 59.1 Å². The van der Waals surface area contributed by atoms with Crippen LogP contribution in [0.3, 0.4) is 0 Å². The van der Waals surface area contributed by atoms with Crippen LogP contribution in [-0.2, 0) is 10.3 Å². The number of benzene rings is 3. The highest BCUT2D eigenvalue weighted by molar-refractivity contribution is 9.10. The van der Waals surface area contributed by atoms with Crippen LogP contribution in [0.4, 0.5) is 0 Å². The van der Waals surface area contributed by atoms with Crippen molar-refractivity contribution in [2.45, 2.75) is 12.4 Å². The first-order valence-electron chi connectivity index (χ1n) is 9.16. The number of hydrogen-bond acceptors (Lipinski definition) is 4. The predicted molar refractivity (Wildman–Crippen MR) is 112 cm³/mol. The molecule has 1 unspecified atom stereocenters. The highest BCUT2D eigenvalue weighted by atomic mass is 79.9. The summed E-state index contributed by atoms with van der Waals surface area (Å²) in [4.78, 5) is 24.4. The van der Waals surface area contributed by atoms with Crippen molar-refractivity contribution in [3.8, 4) is 11.5 Å². The third-order valence-corrected chi connectivity index (χ3v) is 5.98. The average Bonchev–Trinajstić information content (AvgIpc) is 3.00. The minimum Gasteiger partial charge on any atom is -0.478 e. The Kier molecular flexibility index (Phi) is 3.86. The second kappa shape index (κ2) is 6.22. The van der Waals surface area contributed by atoms with Gasteiger partial charge >= 0.3 is 11.9 Å². The molecule has 0 fully saturated rings. The Bertz CT molecular complexity index is 1220. The molecular formula is C22H14BBrO5. The van der Waals surface area contributed by atoms with Crippen LogP contribution in [0, 0.1) is 0 Å². The summed E-state index contributed by atoms with van der Waals surface area (Å²) in [5.41, 5.74) is 2.13. The molecule has 3 aromatic rings. The van der Waals surface area contributed by atoms with Crippen molar-refractivity contribution < 1.29 is 24.2 Å². The van der Waals surface area contributed by atoms with Gasteiger partial charge in [-0.25, -0.2) is 9.59 Å². The van der Waals surface area contributed by atoms with E-state index in [1.54, 1.807) is 0 Å². The molecule has 3 aromatic carbocycles. The van der Waals surface area contributed by atoms with Crippen LogP contribution < -0.4 is 10.2 Å². The maximum atomic E-state index is 12.8. The molecule has 1 N–H and O–H groups in total. The van der Waals surface area contributed by atoms with Crippen molar-refractivity contribution in [1.29, 1.82) is 0 Å². The smallest absolute Gasteiger partial charge is 0.340 e. The molecule has 0 saturated heterocycles. The Morgan fingerprint density at radius 2 is 1.72 bits per heavy atom. The number of esters is 1. The van der Waals surface area contributed by atoms with Gasteiger partial charge in [0.05, 0.1) is 11.1 Å². The molecule has 0 aromatic heterocycles. The van der Waals surface area contributed by atoms with E-state index in [2.05, 4.69) is 22.8 Å². The van der Waals surface area contributed by atoms with E-state index in [0.29, 0.717) is 33.8 Å². The SMILES string of the molecule is CBc1ccc2c(c1)Oc1cc(Br)ccc1C21OC(=O)c2ccc(C(=O)O)cc21. The van der Waals surface area contributed by atoms with Crippen molar-refractivity contribution in [2.24, 2.45) is 0 Å². The molecule has 5 rings (SSSR count). The number of carbonyl (C=O) groups is 2. The molecular weight excluding hydrogens is 435 g/mol. The Morgan fingerprint density at radius 1 is 1.00 bits per heavy atom. The molecule has 2 heterocycles. The third kappa shape index (κ3) is 2.47. The zero-order valence-corrected chi connectivity index (χ0v) is 16.9. The molecule has 2 aliphatic rings. The van der Waals surface area contributed by atoms with Crippen LogP contribution in [0.1, 0.15) is 37.4 Å². The first-order valence-corrected chi connectivity index (χ1v) is 9.96. The van der Waals surface area contributed by atoms with Gasteiger partial charge in [-0.3, -0.25) is 0 Å². The topological polar surface area (TPSA) is 72.8 Å². The highest BCUT2D eigenvalue weighted by Crippen LogP contribution is 2.56. The van der Waals surface area contributed by atoms with Crippen molar-refractivity contribution in [2.75, 3.05) is 0 Å². The lowest BCUT2D eigenvalue weighted by Crippen LogP contribution is -2.34. The number of hydrogen-bond donors (Lipinski definition) is 1. The number of carbonyl (C=O) groups excluding carboxylic acids is 1. The molecule has 0 radical (unpaired) electrons. The van der Waals surface area contributed by atoms with Gasteiger partial charge in [0, 0.05) is 21.2 Å². The Balaban J connectivity index is 1.88. The standard InChI is InChI=1S/C22H14BBrO5/c1-23-12-3-6-15-18(9-12)28-19-10-13(24)4-7-16(19)22(15)17-8-11(20(25)26)2-5-14(17)21(27)29-22/h2-10,23H,1H3,(H,25,26). The van der Waals surface area contributed by atoms with E-state index in [4.69, 9.17) is 9.47 Å². The van der Waals surface area contributed by atoms with E-state index in [1.165, 1.54) is 18.2 Å². The molecule has 142 valence electrons. The number of ether oxygens (including phenoxy) is 2. The van der Waals surface area contributed by atoms with Crippen LogP contribution in [0.5, 0.6) is 11.5 Å². The summed E-state index contributed by atoms with van der Waals surface area (Å²) < 4.78 is 13.0. The van der Waals surface area contributed by atoms with Crippen LogP contribution in [-0.4, -0.2) is 24.3 Å². The zero-order valence-electron chi connectivity index (χ0n) is 15.4. The second-order valence-corrected chi connectivity index (χ2v) is 7.98. The zero-order chi connectivity index (χ0) is 20.3. The third-order valence-electron chi connectivity index (χ3n) is 5.49. The number of carboxylic acid groups (broad SMARTS) is 1. The fraction of sp³-hybridized carbons (Fsp3) is 0.0909.